The van der Waals surface area contributed by atoms with Crippen LogP contribution in [0.5, 0.6) is 0 Å². The molecule has 3 rings (SSSR count). The molecule has 0 N–H and O–H groups in total. The highest BCUT2D eigenvalue weighted by Gasteiger charge is 2.20. The number of hydrogen-bond donors (Lipinski definition) is 0. The molecule has 0 aliphatic carbocycles. The van der Waals surface area contributed by atoms with Crippen LogP contribution in [-0.2, 0) is 4.74 Å². The van der Waals surface area contributed by atoms with Crippen molar-refractivity contribution in [3.8, 4) is 10.8 Å². The van der Waals surface area contributed by atoms with Crippen LogP contribution in [0.1, 0.15) is 40.4 Å². The Labute approximate surface area is 137 Å². The molecule has 1 atom stereocenters. The zero-order chi connectivity index (χ0) is 16.4. The number of aromatic nitrogens is 2. The molecule has 0 fully saturated rings. The maximum Gasteiger partial charge on any atom is 0.338 e. The minimum Gasteiger partial charge on any atom is -0.449 e. The van der Waals surface area contributed by atoms with Crippen molar-refractivity contribution in [1.29, 1.82) is 0 Å². The molecule has 0 unspecified atom stereocenters. The van der Waals surface area contributed by atoms with Gasteiger partial charge in [0, 0.05) is 0 Å². The molecule has 0 amide bonds. The van der Waals surface area contributed by atoms with E-state index in [1.807, 2.05) is 43.5 Å². The molecule has 3 aromatic rings. The van der Waals surface area contributed by atoms with E-state index in [1.165, 1.54) is 11.3 Å². The molecule has 0 aliphatic heterocycles. The summed E-state index contributed by atoms with van der Waals surface area (Å²) in [7, 11) is 0. The number of carbonyl (C=O) groups excluding carboxylic acids is 1. The fraction of sp³-hybridized carbons (Fsp3) is 0.235. The van der Waals surface area contributed by atoms with Crippen molar-refractivity contribution < 1.29 is 13.9 Å². The van der Waals surface area contributed by atoms with Gasteiger partial charge in [0.05, 0.1) is 10.4 Å². The minimum absolute atomic E-state index is 0.283. The summed E-state index contributed by atoms with van der Waals surface area (Å²) in [5.74, 6) is 0.311. The monoisotopic (exact) mass is 328 g/mol. The first-order valence-corrected chi connectivity index (χ1v) is 8.08. The number of benzene rings is 1. The molecular formula is C17H16N2O3S. The van der Waals surface area contributed by atoms with E-state index in [1.54, 1.807) is 13.0 Å². The second kappa shape index (κ2) is 6.34. The summed E-state index contributed by atoms with van der Waals surface area (Å²) in [5, 5.41) is 9.88. The summed E-state index contributed by atoms with van der Waals surface area (Å²) >= 11 is 1.51. The quantitative estimate of drug-likeness (QED) is 0.667. The molecule has 2 aromatic heterocycles. The first kappa shape index (κ1) is 15.4. The molecule has 1 aromatic carbocycles. The Kier molecular flexibility index (Phi) is 4.25. The van der Waals surface area contributed by atoms with E-state index in [4.69, 9.17) is 9.15 Å². The molecule has 0 saturated carbocycles. The van der Waals surface area contributed by atoms with E-state index in [0.29, 0.717) is 11.5 Å². The summed E-state index contributed by atoms with van der Waals surface area (Å²) < 4.78 is 11.0. The zero-order valence-corrected chi connectivity index (χ0v) is 13.9. The normalized spacial score (nSPS) is 12.1. The van der Waals surface area contributed by atoms with Crippen molar-refractivity contribution in [2.45, 2.75) is 26.9 Å². The van der Waals surface area contributed by atoms with Gasteiger partial charge in [0.25, 0.3) is 11.8 Å². The number of ether oxygens (including phenoxy) is 1. The van der Waals surface area contributed by atoms with Crippen LogP contribution in [0.4, 0.5) is 0 Å². The first-order chi connectivity index (χ1) is 11.0. The predicted octanol–water partition coefficient (Wildman–Crippen LogP) is 4.33. The molecule has 0 bridgehead atoms. The van der Waals surface area contributed by atoms with Crippen molar-refractivity contribution >= 4 is 17.3 Å². The molecule has 118 valence electrons. The van der Waals surface area contributed by atoms with Crippen molar-refractivity contribution in [2.24, 2.45) is 0 Å². The molecule has 0 saturated heterocycles. The summed E-state index contributed by atoms with van der Waals surface area (Å²) in [4.78, 5) is 13.1. The SMILES string of the molecule is Cc1ccc(C(=O)O[C@H](C)c2nnc(-c3cccs3)o2)cc1C. The molecule has 0 aliphatic rings. The van der Waals surface area contributed by atoms with Gasteiger partial charge >= 0.3 is 5.97 Å². The highest BCUT2D eigenvalue weighted by Crippen LogP contribution is 2.26. The van der Waals surface area contributed by atoms with Crippen molar-refractivity contribution in [3.63, 3.8) is 0 Å². The average Bonchev–Trinajstić information content (AvgIpc) is 3.20. The number of aryl methyl sites for hydroxylation is 2. The topological polar surface area (TPSA) is 65.2 Å². The highest BCUT2D eigenvalue weighted by molar-refractivity contribution is 7.13. The Bertz CT molecular complexity index is 824. The number of carbonyl (C=O) groups is 1. The first-order valence-electron chi connectivity index (χ1n) is 7.20. The van der Waals surface area contributed by atoms with Gasteiger partial charge in [0.15, 0.2) is 6.10 Å². The Hall–Kier alpha value is -2.47. The van der Waals surface area contributed by atoms with Crippen molar-refractivity contribution in [3.05, 3.63) is 58.3 Å². The largest absolute Gasteiger partial charge is 0.449 e. The Balaban J connectivity index is 1.72. The predicted molar refractivity (Wildman–Crippen MR) is 87.4 cm³/mol. The lowest BCUT2D eigenvalue weighted by molar-refractivity contribution is 0.0280. The lowest BCUT2D eigenvalue weighted by atomic mass is 10.1. The van der Waals surface area contributed by atoms with Crippen LogP contribution in [0.25, 0.3) is 10.8 Å². The lowest BCUT2D eigenvalue weighted by Gasteiger charge is -2.10. The molecule has 2 heterocycles. The van der Waals surface area contributed by atoms with E-state index in [-0.39, 0.29) is 5.89 Å². The van der Waals surface area contributed by atoms with Gasteiger partial charge in [-0.1, -0.05) is 12.1 Å². The summed E-state index contributed by atoms with van der Waals surface area (Å²) in [6, 6.07) is 9.27. The van der Waals surface area contributed by atoms with Gasteiger partial charge in [0.1, 0.15) is 0 Å². The van der Waals surface area contributed by atoms with Crippen LogP contribution in [-0.4, -0.2) is 16.2 Å². The number of esters is 1. The van der Waals surface area contributed by atoms with Crippen molar-refractivity contribution in [1.82, 2.24) is 10.2 Å². The number of nitrogens with zero attached hydrogens (tertiary/aromatic N) is 2. The molecule has 6 heteroatoms. The second-order valence-corrected chi connectivity index (χ2v) is 6.22. The van der Waals surface area contributed by atoms with Crippen LogP contribution >= 0.6 is 11.3 Å². The van der Waals surface area contributed by atoms with Gasteiger partial charge in [-0.2, -0.15) is 0 Å². The molecule has 0 radical (unpaired) electrons. The van der Waals surface area contributed by atoms with Gasteiger partial charge in [-0.15, -0.1) is 21.5 Å². The molecule has 5 nitrogen and oxygen atoms in total. The third kappa shape index (κ3) is 3.32. The van der Waals surface area contributed by atoms with Gasteiger partial charge in [-0.05, 0) is 55.5 Å². The smallest absolute Gasteiger partial charge is 0.338 e. The maximum atomic E-state index is 12.2. The van der Waals surface area contributed by atoms with Crippen LogP contribution < -0.4 is 0 Å². The van der Waals surface area contributed by atoms with E-state index in [9.17, 15) is 4.79 Å². The minimum atomic E-state index is -0.606. The molecular weight excluding hydrogens is 312 g/mol. The summed E-state index contributed by atoms with van der Waals surface area (Å²) in [6.07, 6.45) is -0.606. The standard InChI is InChI=1S/C17H16N2O3S/c1-10-6-7-13(9-11(10)2)17(20)21-12(3)15-18-19-16(22-15)14-5-4-8-23-14/h4-9,12H,1-3H3/t12-/m1/s1. The zero-order valence-electron chi connectivity index (χ0n) is 13.1. The fourth-order valence-corrected chi connectivity index (χ4v) is 2.69. The summed E-state index contributed by atoms with van der Waals surface area (Å²) in [6.45, 7) is 5.67. The van der Waals surface area contributed by atoms with Gasteiger partial charge < -0.3 is 9.15 Å². The lowest BCUT2D eigenvalue weighted by Crippen LogP contribution is -2.10. The highest BCUT2D eigenvalue weighted by atomic mass is 32.1. The maximum absolute atomic E-state index is 12.2. The molecule has 23 heavy (non-hydrogen) atoms. The third-order valence-corrected chi connectivity index (χ3v) is 4.40. The average molecular weight is 328 g/mol. The van der Waals surface area contributed by atoms with Gasteiger partial charge in [-0.3, -0.25) is 0 Å². The fourth-order valence-electron chi connectivity index (χ4n) is 2.05. The third-order valence-electron chi connectivity index (χ3n) is 3.55. The second-order valence-electron chi connectivity index (χ2n) is 5.27. The number of rotatable bonds is 4. The van der Waals surface area contributed by atoms with Crippen LogP contribution in [0.3, 0.4) is 0 Å². The van der Waals surface area contributed by atoms with E-state index < -0.39 is 12.1 Å². The van der Waals surface area contributed by atoms with Crippen LogP contribution in [0.2, 0.25) is 0 Å². The number of hydrogen-bond acceptors (Lipinski definition) is 6. The number of thiophene rings is 1. The Morgan fingerprint density at radius 2 is 2.04 bits per heavy atom. The van der Waals surface area contributed by atoms with E-state index in [2.05, 4.69) is 10.2 Å². The molecule has 0 spiro atoms. The Morgan fingerprint density at radius 3 is 2.74 bits per heavy atom. The Morgan fingerprint density at radius 1 is 1.22 bits per heavy atom. The van der Waals surface area contributed by atoms with Gasteiger partial charge in [0.2, 0.25) is 0 Å². The van der Waals surface area contributed by atoms with E-state index >= 15 is 0 Å². The van der Waals surface area contributed by atoms with Crippen LogP contribution in [0.15, 0.2) is 40.1 Å². The summed E-state index contributed by atoms with van der Waals surface area (Å²) in [5.41, 5.74) is 2.69. The van der Waals surface area contributed by atoms with Crippen LogP contribution in [0, 0.1) is 13.8 Å². The van der Waals surface area contributed by atoms with Crippen molar-refractivity contribution in [2.75, 3.05) is 0 Å². The van der Waals surface area contributed by atoms with Gasteiger partial charge in [-0.25, -0.2) is 4.79 Å². The van der Waals surface area contributed by atoms with E-state index in [0.717, 1.165) is 16.0 Å².